The van der Waals surface area contributed by atoms with E-state index in [4.69, 9.17) is 4.98 Å². The lowest BCUT2D eigenvalue weighted by Crippen LogP contribution is -2.41. The summed E-state index contributed by atoms with van der Waals surface area (Å²) in [5, 5.41) is 6.61. The molecule has 1 aliphatic heterocycles. The van der Waals surface area contributed by atoms with Crippen LogP contribution in [0, 0.1) is 0 Å². The van der Waals surface area contributed by atoms with Crippen molar-refractivity contribution in [2.45, 2.75) is 12.5 Å². The maximum Gasteiger partial charge on any atom is 0.258 e. The Labute approximate surface area is 190 Å². The van der Waals surface area contributed by atoms with Gasteiger partial charge < -0.3 is 14.8 Å². The maximum atomic E-state index is 13.9. The van der Waals surface area contributed by atoms with Crippen LogP contribution in [0.25, 0.3) is 16.3 Å². The zero-order valence-corrected chi connectivity index (χ0v) is 18.4. The van der Waals surface area contributed by atoms with Crippen molar-refractivity contribution in [3.8, 4) is 0 Å². The Balaban J connectivity index is 1.45. The number of pyridine rings is 2. The average Bonchev–Trinajstić information content (AvgIpc) is 3.49. The molecular weight excluding hydrogens is 414 g/mol. The van der Waals surface area contributed by atoms with E-state index in [0.29, 0.717) is 12.1 Å². The fraction of sp³-hybridized carbons (Fsp3) is 0.200. The van der Waals surface area contributed by atoms with Gasteiger partial charge >= 0.3 is 0 Å². The van der Waals surface area contributed by atoms with Crippen LogP contribution >= 0.6 is 0 Å². The second-order valence-corrected chi connectivity index (χ2v) is 8.54. The highest BCUT2D eigenvalue weighted by molar-refractivity contribution is 6.01. The molecule has 0 aliphatic carbocycles. The largest absolute Gasteiger partial charge is 0.376 e. The van der Waals surface area contributed by atoms with Gasteiger partial charge in [-0.05, 0) is 23.6 Å². The number of aromatic amines is 1. The number of hydrogen-bond donors (Lipinski definition) is 1. The van der Waals surface area contributed by atoms with Crippen molar-refractivity contribution >= 4 is 27.9 Å². The number of nitrogens with zero attached hydrogens (tertiary/aromatic N) is 6. The van der Waals surface area contributed by atoms with E-state index < -0.39 is 0 Å². The van der Waals surface area contributed by atoms with Crippen molar-refractivity contribution in [1.29, 1.82) is 0 Å². The molecular formula is C25H23N7O. The Bertz CT molecular complexity index is 1500. The molecule has 164 valence electrons. The number of hydrogen-bond acceptors (Lipinski definition) is 5. The molecule has 33 heavy (non-hydrogen) atoms. The van der Waals surface area contributed by atoms with Gasteiger partial charge in [-0.25, -0.2) is 9.50 Å². The number of benzene rings is 1. The van der Waals surface area contributed by atoms with Crippen molar-refractivity contribution in [3.63, 3.8) is 0 Å². The standard InChI is InChI=1S/C25H23N7O/c1-30(2)18-7-8-22-19(13-29-32(22)14-18)25(33)31-10-9-20-23(28-15-27-20)24(31)21-11-16-5-3-4-6-17(16)12-26-21/h3-8,11-15,24H,9-10H2,1-2H3,(H,27,28)/t24-/m1/s1. The first kappa shape index (κ1) is 19.5. The summed E-state index contributed by atoms with van der Waals surface area (Å²) in [6, 6.07) is 13.7. The molecule has 0 fully saturated rings. The van der Waals surface area contributed by atoms with Crippen molar-refractivity contribution in [3.05, 3.63) is 90.0 Å². The molecule has 6 rings (SSSR count). The van der Waals surface area contributed by atoms with E-state index in [-0.39, 0.29) is 11.9 Å². The molecule has 0 saturated carbocycles. The van der Waals surface area contributed by atoms with Gasteiger partial charge in [-0.2, -0.15) is 5.10 Å². The summed E-state index contributed by atoms with van der Waals surface area (Å²) in [6.45, 7) is 0.570. The van der Waals surface area contributed by atoms with E-state index in [2.05, 4.69) is 27.2 Å². The van der Waals surface area contributed by atoms with Gasteiger partial charge in [-0.3, -0.25) is 9.78 Å². The molecule has 0 saturated heterocycles. The topological polar surface area (TPSA) is 82.4 Å². The second kappa shape index (κ2) is 7.44. The summed E-state index contributed by atoms with van der Waals surface area (Å²) < 4.78 is 1.76. The van der Waals surface area contributed by atoms with Gasteiger partial charge in [0.15, 0.2) is 0 Å². The second-order valence-electron chi connectivity index (χ2n) is 8.54. The Hall–Kier alpha value is -4.20. The summed E-state index contributed by atoms with van der Waals surface area (Å²) in [6.07, 6.45) is 7.87. The number of fused-ring (bicyclic) bond motifs is 3. The molecule has 5 heterocycles. The number of H-pyrrole nitrogens is 1. The number of aromatic nitrogens is 5. The minimum absolute atomic E-state index is 0.0730. The Morgan fingerprint density at radius 3 is 2.79 bits per heavy atom. The Morgan fingerprint density at radius 1 is 1.09 bits per heavy atom. The molecule has 4 aromatic heterocycles. The quantitative estimate of drug-likeness (QED) is 0.467. The third kappa shape index (κ3) is 3.14. The van der Waals surface area contributed by atoms with Gasteiger partial charge in [0.25, 0.3) is 5.91 Å². The van der Waals surface area contributed by atoms with Crippen LogP contribution < -0.4 is 4.90 Å². The Kier molecular flexibility index (Phi) is 4.39. The van der Waals surface area contributed by atoms with Crippen LogP contribution in [0.5, 0.6) is 0 Å². The molecule has 8 nitrogen and oxygen atoms in total. The molecule has 1 aromatic carbocycles. The number of carbonyl (C=O) groups is 1. The fourth-order valence-electron chi connectivity index (χ4n) is 4.60. The van der Waals surface area contributed by atoms with E-state index in [0.717, 1.165) is 45.5 Å². The van der Waals surface area contributed by atoms with Crippen LogP contribution in [-0.2, 0) is 6.42 Å². The van der Waals surface area contributed by atoms with Crippen LogP contribution in [0.3, 0.4) is 0 Å². The monoisotopic (exact) mass is 437 g/mol. The zero-order valence-electron chi connectivity index (χ0n) is 18.4. The molecule has 1 amide bonds. The highest BCUT2D eigenvalue weighted by Gasteiger charge is 2.36. The predicted octanol–water partition coefficient (Wildman–Crippen LogP) is 3.46. The maximum absolute atomic E-state index is 13.9. The number of carbonyl (C=O) groups excluding carboxylic acids is 1. The van der Waals surface area contributed by atoms with Gasteiger partial charge in [-0.1, -0.05) is 24.3 Å². The lowest BCUT2D eigenvalue weighted by molar-refractivity contribution is 0.0689. The molecule has 5 aromatic rings. The van der Waals surface area contributed by atoms with E-state index in [9.17, 15) is 4.79 Å². The number of amides is 1. The lowest BCUT2D eigenvalue weighted by Gasteiger charge is -2.34. The average molecular weight is 438 g/mol. The molecule has 8 heteroatoms. The van der Waals surface area contributed by atoms with Gasteiger partial charge in [0.05, 0.1) is 46.9 Å². The molecule has 0 spiro atoms. The van der Waals surface area contributed by atoms with Crippen LogP contribution in [0.1, 0.15) is 33.5 Å². The predicted molar refractivity (Wildman–Crippen MR) is 126 cm³/mol. The lowest BCUT2D eigenvalue weighted by atomic mass is 9.97. The molecule has 0 bridgehead atoms. The van der Waals surface area contributed by atoms with Crippen LogP contribution in [0.2, 0.25) is 0 Å². The number of rotatable bonds is 3. The number of imidazole rings is 1. The van der Waals surface area contributed by atoms with Gasteiger partial charge in [0, 0.05) is 44.3 Å². The van der Waals surface area contributed by atoms with Crippen molar-refractivity contribution in [2.75, 3.05) is 25.5 Å². The third-order valence-electron chi connectivity index (χ3n) is 6.37. The summed E-state index contributed by atoms with van der Waals surface area (Å²) in [5.74, 6) is -0.0730. The van der Waals surface area contributed by atoms with E-state index in [1.54, 1.807) is 17.0 Å². The minimum atomic E-state index is -0.367. The van der Waals surface area contributed by atoms with Gasteiger partial charge in [0.1, 0.15) is 6.04 Å². The highest BCUT2D eigenvalue weighted by atomic mass is 16.2. The number of nitrogens with one attached hydrogen (secondary N) is 1. The van der Waals surface area contributed by atoms with Crippen molar-refractivity contribution in [2.24, 2.45) is 0 Å². The van der Waals surface area contributed by atoms with Crippen LogP contribution in [-0.4, -0.2) is 56.0 Å². The fourth-order valence-corrected chi connectivity index (χ4v) is 4.60. The molecule has 1 aliphatic rings. The van der Waals surface area contributed by atoms with E-state index in [1.165, 1.54) is 0 Å². The SMILES string of the molecule is CN(C)c1ccc2c(C(=O)N3CCc4[nH]cnc4[C@H]3c3cc4ccccc4cn3)cnn2c1. The number of anilines is 1. The summed E-state index contributed by atoms with van der Waals surface area (Å²) in [5.41, 5.74) is 5.08. The van der Waals surface area contributed by atoms with Crippen molar-refractivity contribution < 1.29 is 4.79 Å². The summed E-state index contributed by atoms with van der Waals surface area (Å²) in [4.78, 5) is 30.3. The molecule has 1 N–H and O–H groups in total. The molecule has 0 unspecified atom stereocenters. The minimum Gasteiger partial charge on any atom is -0.376 e. The van der Waals surface area contributed by atoms with Crippen LogP contribution in [0.4, 0.5) is 5.69 Å². The summed E-state index contributed by atoms with van der Waals surface area (Å²) >= 11 is 0. The highest BCUT2D eigenvalue weighted by Crippen LogP contribution is 2.35. The normalized spacial score (nSPS) is 15.7. The first-order chi connectivity index (χ1) is 16.1. The van der Waals surface area contributed by atoms with Gasteiger partial charge in [0.2, 0.25) is 0 Å². The zero-order chi connectivity index (χ0) is 22.5. The van der Waals surface area contributed by atoms with E-state index >= 15 is 0 Å². The first-order valence-corrected chi connectivity index (χ1v) is 10.9. The molecule has 1 atom stereocenters. The molecule has 0 radical (unpaired) electrons. The smallest absolute Gasteiger partial charge is 0.258 e. The van der Waals surface area contributed by atoms with Crippen LogP contribution in [0.15, 0.2) is 67.4 Å². The summed E-state index contributed by atoms with van der Waals surface area (Å²) in [7, 11) is 3.96. The Morgan fingerprint density at radius 2 is 1.94 bits per heavy atom. The van der Waals surface area contributed by atoms with E-state index in [1.807, 2.05) is 66.6 Å². The van der Waals surface area contributed by atoms with Crippen molar-refractivity contribution in [1.82, 2.24) is 29.5 Å². The third-order valence-corrected chi connectivity index (χ3v) is 6.37. The van der Waals surface area contributed by atoms with Gasteiger partial charge in [-0.15, -0.1) is 0 Å². The first-order valence-electron chi connectivity index (χ1n) is 10.9.